The van der Waals surface area contributed by atoms with Crippen molar-refractivity contribution in [3.05, 3.63) is 29.5 Å². The van der Waals surface area contributed by atoms with Crippen molar-refractivity contribution in [1.82, 2.24) is 19.7 Å². The van der Waals surface area contributed by atoms with Gasteiger partial charge in [0.25, 0.3) is 0 Å². The van der Waals surface area contributed by atoms with Gasteiger partial charge in [-0.25, -0.2) is 4.98 Å². The van der Waals surface area contributed by atoms with E-state index in [0.717, 1.165) is 44.2 Å². The van der Waals surface area contributed by atoms with Gasteiger partial charge in [0, 0.05) is 56.9 Å². The molecule has 3 heterocycles. The number of carbonyl (C=O) groups is 1. The second-order valence-corrected chi connectivity index (χ2v) is 7.25. The highest BCUT2D eigenvalue weighted by Gasteiger charge is 2.46. The van der Waals surface area contributed by atoms with Crippen LogP contribution in [0, 0.1) is 5.92 Å². The van der Waals surface area contributed by atoms with Crippen molar-refractivity contribution in [3.8, 4) is 0 Å². The van der Waals surface area contributed by atoms with Gasteiger partial charge in [-0.15, -0.1) is 11.3 Å². The van der Waals surface area contributed by atoms with Crippen molar-refractivity contribution in [1.29, 1.82) is 0 Å². The van der Waals surface area contributed by atoms with Gasteiger partial charge >= 0.3 is 0 Å². The second-order valence-electron chi connectivity index (χ2n) is 6.38. The number of hydrogen-bond donors (Lipinski definition) is 0. The molecule has 0 bridgehead atoms. The van der Waals surface area contributed by atoms with Crippen LogP contribution in [0.25, 0.3) is 0 Å². The van der Waals surface area contributed by atoms with Crippen molar-refractivity contribution < 1.29 is 4.79 Å². The van der Waals surface area contributed by atoms with Crippen LogP contribution in [0.3, 0.4) is 0 Å². The second kappa shape index (κ2) is 5.96. The summed E-state index contributed by atoms with van der Waals surface area (Å²) in [4.78, 5) is 21.5. The molecule has 2 fully saturated rings. The van der Waals surface area contributed by atoms with Crippen LogP contribution in [0.2, 0.25) is 0 Å². The molecule has 0 N–H and O–H groups in total. The maximum Gasteiger partial charge on any atom is 0.226 e. The zero-order valence-electron chi connectivity index (χ0n) is 13.3. The van der Waals surface area contributed by atoms with Crippen molar-refractivity contribution >= 4 is 22.4 Å². The fraction of sp³-hybridized carbons (Fsp3) is 0.562. The molecule has 1 aliphatic heterocycles. The lowest BCUT2D eigenvalue weighted by molar-refractivity contribution is -0.132. The van der Waals surface area contributed by atoms with Crippen LogP contribution in [0.5, 0.6) is 0 Å². The highest BCUT2D eigenvalue weighted by atomic mass is 32.1. The summed E-state index contributed by atoms with van der Waals surface area (Å²) in [7, 11) is 1.92. The van der Waals surface area contributed by atoms with E-state index in [0.29, 0.717) is 11.8 Å². The molecule has 2 aromatic heterocycles. The highest BCUT2D eigenvalue weighted by Crippen LogP contribution is 2.48. The van der Waals surface area contributed by atoms with E-state index in [9.17, 15) is 4.79 Å². The zero-order valence-corrected chi connectivity index (χ0v) is 14.1. The third kappa shape index (κ3) is 2.97. The van der Waals surface area contributed by atoms with Gasteiger partial charge in [0.1, 0.15) is 0 Å². The van der Waals surface area contributed by atoms with Gasteiger partial charge in [0.05, 0.1) is 6.20 Å². The first-order chi connectivity index (χ1) is 11.2. The predicted octanol–water partition coefficient (Wildman–Crippen LogP) is 1.72. The van der Waals surface area contributed by atoms with Crippen LogP contribution >= 0.6 is 11.3 Å². The molecule has 6 nitrogen and oxygen atoms in total. The SMILES string of the molecule is Cn1cc([C@@H]2C[C@H]2C(=O)N2CCCN(c3nccs3)CC2)cn1. The van der Waals surface area contributed by atoms with Crippen LogP contribution in [-0.2, 0) is 11.8 Å². The normalized spacial score (nSPS) is 24.6. The summed E-state index contributed by atoms with van der Waals surface area (Å²) < 4.78 is 1.81. The molecule has 7 heteroatoms. The summed E-state index contributed by atoms with van der Waals surface area (Å²) >= 11 is 1.67. The number of hydrogen-bond acceptors (Lipinski definition) is 5. The minimum atomic E-state index is 0.158. The Morgan fingerprint density at radius 2 is 2.22 bits per heavy atom. The quantitative estimate of drug-likeness (QED) is 0.859. The Balaban J connectivity index is 1.36. The Morgan fingerprint density at radius 1 is 1.30 bits per heavy atom. The van der Waals surface area contributed by atoms with Gasteiger partial charge in [-0.2, -0.15) is 5.10 Å². The average Bonchev–Trinajstić information content (AvgIpc) is 3.06. The monoisotopic (exact) mass is 331 g/mol. The number of amides is 1. The molecule has 4 rings (SSSR count). The molecule has 1 aliphatic carbocycles. The minimum absolute atomic E-state index is 0.158. The molecule has 0 radical (unpaired) electrons. The van der Waals surface area contributed by atoms with E-state index in [1.807, 2.05) is 35.7 Å². The number of thiazole rings is 1. The number of nitrogens with zero attached hydrogens (tertiary/aromatic N) is 5. The Labute approximate surface area is 139 Å². The van der Waals surface area contributed by atoms with Crippen LogP contribution < -0.4 is 4.90 Å². The lowest BCUT2D eigenvalue weighted by atomic mass is 10.2. The molecule has 1 saturated carbocycles. The van der Waals surface area contributed by atoms with Crippen LogP contribution in [0.15, 0.2) is 24.0 Å². The average molecular weight is 331 g/mol. The third-order valence-corrected chi connectivity index (χ3v) is 5.59. The minimum Gasteiger partial charge on any atom is -0.346 e. The van der Waals surface area contributed by atoms with Gasteiger partial charge < -0.3 is 9.80 Å². The molecule has 122 valence electrons. The molecule has 23 heavy (non-hydrogen) atoms. The van der Waals surface area contributed by atoms with E-state index in [1.165, 1.54) is 5.56 Å². The first kappa shape index (κ1) is 14.7. The van der Waals surface area contributed by atoms with Gasteiger partial charge in [-0.1, -0.05) is 0 Å². The Bertz CT molecular complexity index is 682. The molecule has 0 aromatic carbocycles. The molecular weight excluding hydrogens is 310 g/mol. The van der Waals surface area contributed by atoms with E-state index in [1.54, 1.807) is 11.3 Å². The molecular formula is C16H21N5OS. The third-order valence-electron chi connectivity index (χ3n) is 4.76. The van der Waals surface area contributed by atoms with Gasteiger partial charge in [0.15, 0.2) is 5.13 Å². The Morgan fingerprint density at radius 3 is 2.96 bits per heavy atom. The van der Waals surface area contributed by atoms with Crippen molar-refractivity contribution in [3.63, 3.8) is 0 Å². The molecule has 2 aromatic rings. The molecule has 2 aliphatic rings. The van der Waals surface area contributed by atoms with Crippen LogP contribution in [-0.4, -0.2) is 51.8 Å². The van der Waals surface area contributed by atoms with Crippen molar-refractivity contribution in [2.75, 3.05) is 31.1 Å². The Kier molecular flexibility index (Phi) is 3.80. The molecule has 1 saturated heterocycles. The lowest BCUT2D eigenvalue weighted by Crippen LogP contribution is -2.36. The summed E-state index contributed by atoms with van der Waals surface area (Å²) in [5.41, 5.74) is 1.20. The number of anilines is 1. The number of aryl methyl sites for hydroxylation is 1. The zero-order chi connectivity index (χ0) is 15.8. The maximum absolute atomic E-state index is 12.8. The highest BCUT2D eigenvalue weighted by molar-refractivity contribution is 7.13. The molecule has 0 spiro atoms. The van der Waals surface area contributed by atoms with Gasteiger partial charge in [-0.3, -0.25) is 9.48 Å². The fourth-order valence-electron chi connectivity index (χ4n) is 3.40. The van der Waals surface area contributed by atoms with Crippen molar-refractivity contribution in [2.24, 2.45) is 13.0 Å². The van der Waals surface area contributed by atoms with Crippen LogP contribution in [0.1, 0.15) is 24.3 Å². The van der Waals surface area contributed by atoms with Gasteiger partial charge in [-0.05, 0) is 24.3 Å². The molecule has 0 unspecified atom stereocenters. The topological polar surface area (TPSA) is 54.3 Å². The lowest BCUT2D eigenvalue weighted by Gasteiger charge is -2.21. The molecule has 2 atom stereocenters. The van der Waals surface area contributed by atoms with Crippen molar-refractivity contribution in [2.45, 2.75) is 18.8 Å². The van der Waals surface area contributed by atoms with Crippen LogP contribution in [0.4, 0.5) is 5.13 Å². The largest absolute Gasteiger partial charge is 0.346 e. The maximum atomic E-state index is 12.8. The summed E-state index contributed by atoms with van der Waals surface area (Å²) in [5, 5.41) is 7.29. The van der Waals surface area contributed by atoms with Gasteiger partial charge in [0.2, 0.25) is 5.91 Å². The summed E-state index contributed by atoms with van der Waals surface area (Å²) in [6, 6.07) is 0. The smallest absolute Gasteiger partial charge is 0.226 e. The summed E-state index contributed by atoms with van der Waals surface area (Å²) in [5.74, 6) is 0.847. The fourth-order valence-corrected chi connectivity index (χ4v) is 4.10. The summed E-state index contributed by atoms with van der Waals surface area (Å²) in [6.45, 7) is 3.52. The van der Waals surface area contributed by atoms with E-state index >= 15 is 0 Å². The van der Waals surface area contributed by atoms with E-state index in [-0.39, 0.29) is 5.92 Å². The standard InChI is InChI=1S/C16H21N5OS/c1-19-11-12(10-18-19)13-9-14(13)15(22)20-4-2-5-21(7-6-20)16-17-3-8-23-16/h3,8,10-11,13-14H,2,4-7,9H2,1H3/t13-,14+/m0/s1. The predicted molar refractivity (Wildman–Crippen MR) is 89.6 cm³/mol. The number of rotatable bonds is 3. The summed E-state index contributed by atoms with van der Waals surface area (Å²) in [6.07, 6.45) is 7.75. The first-order valence-corrected chi connectivity index (χ1v) is 9.02. The van der Waals surface area contributed by atoms with E-state index in [4.69, 9.17) is 0 Å². The Hall–Kier alpha value is -1.89. The van der Waals surface area contributed by atoms with E-state index in [2.05, 4.69) is 19.9 Å². The molecule has 1 amide bonds. The number of aromatic nitrogens is 3. The van der Waals surface area contributed by atoms with E-state index < -0.39 is 0 Å². The first-order valence-electron chi connectivity index (χ1n) is 8.14. The number of carbonyl (C=O) groups excluding carboxylic acids is 1.